The lowest BCUT2D eigenvalue weighted by Crippen LogP contribution is -2.26. The normalized spacial score (nSPS) is 12.8. The molecule has 1 aliphatic carbocycles. The molecule has 0 atom stereocenters. The van der Waals surface area contributed by atoms with Crippen LogP contribution in [0.2, 0.25) is 0 Å². The third-order valence-electron chi connectivity index (χ3n) is 3.97. The minimum atomic E-state index is -0.498. The first kappa shape index (κ1) is 16.0. The molecule has 2 N–H and O–H groups in total. The van der Waals surface area contributed by atoms with E-state index < -0.39 is 11.6 Å². The van der Waals surface area contributed by atoms with Crippen molar-refractivity contribution in [3.63, 3.8) is 0 Å². The fourth-order valence-corrected chi connectivity index (χ4v) is 2.92. The molecule has 0 saturated carbocycles. The van der Waals surface area contributed by atoms with Crippen LogP contribution in [-0.4, -0.2) is 34.9 Å². The van der Waals surface area contributed by atoms with Gasteiger partial charge in [0.05, 0.1) is 17.7 Å². The summed E-state index contributed by atoms with van der Waals surface area (Å²) in [7, 11) is 0. The quantitative estimate of drug-likeness (QED) is 0.566. The molecule has 0 unspecified atom stereocenters. The fraction of sp³-hybridized carbons (Fsp3) is 0.222. The Morgan fingerprint density at radius 1 is 1.00 bits per heavy atom. The highest BCUT2D eigenvalue weighted by Gasteiger charge is 2.36. The van der Waals surface area contributed by atoms with Gasteiger partial charge < -0.3 is 10.2 Å². The summed E-state index contributed by atoms with van der Waals surface area (Å²) in [6, 6.07) is 7.60. The van der Waals surface area contributed by atoms with Crippen LogP contribution < -0.4 is 5.06 Å². The Kier molecular flexibility index (Phi) is 3.99. The first-order valence-corrected chi connectivity index (χ1v) is 7.69. The highest BCUT2D eigenvalue weighted by molar-refractivity contribution is 6.30. The number of ketones is 2. The predicted octanol–water partition coefficient (Wildman–Crippen LogP) is 2.65. The number of hydroxylamine groups is 1. The number of phenols is 2. The van der Waals surface area contributed by atoms with E-state index in [1.165, 1.54) is 23.3 Å². The smallest absolute Gasteiger partial charge is 0.198 e. The van der Waals surface area contributed by atoms with E-state index in [0.717, 1.165) is 0 Å². The zero-order chi connectivity index (χ0) is 17.4. The number of anilines is 1. The predicted molar refractivity (Wildman–Crippen MR) is 87.7 cm³/mol. The lowest BCUT2D eigenvalue weighted by molar-refractivity contribution is 0.0972. The summed E-state index contributed by atoms with van der Waals surface area (Å²) in [6.45, 7) is 4.32. The van der Waals surface area contributed by atoms with Gasteiger partial charge >= 0.3 is 0 Å². The molecule has 6 heteroatoms. The Hall–Kier alpha value is -2.86. The molecule has 0 saturated heterocycles. The van der Waals surface area contributed by atoms with Crippen molar-refractivity contribution in [3.8, 4) is 11.5 Å². The van der Waals surface area contributed by atoms with Crippen molar-refractivity contribution in [2.24, 2.45) is 0 Å². The number of hydrogen-bond donors (Lipinski definition) is 2. The molecule has 0 aliphatic heterocycles. The summed E-state index contributed by atoms with van der Waals surface area (Å²) in [6.07, 6.45) is 0. The molecule has 0 aromatic heterocycles. The number of nitrogens with zero attached hydrogens (tertiary/aromatic N) is 1. The second-order valence-electron chi connectivity index (χ2n) is 5.33. The topological polar surface area (TPSA) is 87.1 Å². The van der Waals surface area contributed by atoms with Crippen molar-refractivity contribution >= 4 is 17.3 Å². The average Bonchev–Trinajstić information content (AvgIpc) is 2.59. The number of fused-ring (bicyclic) bond motifs is 2. The van der Waals surface area contributed by atoms with Crippen LogP contribution in [0, 0.1) is 0 Å². The monoisotopic (exact) mass is 327 g/mol. The molecular weight excluding hydrogens is 310 g/mol. The van der Waals surface area contributed by atoms with Crippen molar-refractivity contribution in [1.82, 2.24) is 0 Å². The van der Waals surface area contributed by atoms with Crippen LogP contribution >= 0.6 is 0 Å². The minimum Gasteiger partial charge on any atom is -0.507 e. The summed E-state index contributed by atoms with van der Waals surface area (Å²) in [4.78, 5) is 30.8. The summed E-state index contributed by atoms with van der Waals surface area (Å²) in [5.41, 5.74) is 0.214. The van der Waals surface area contributed by atoms with Gasteiger partial charge in [-0.3, -0.25) is 19.5 Å². The molecule has 0 heterocycles. The van der Waals surface area contributed by atoms with Gasteiger partial charge in [-0.05, 0) is 13.8 Å². The Labute approximate surface area is 138 Å². The van der Waals surface area contributed by atoms with Gasteiger partial charge in [0.2, 0.25) is 0 Å². The van der Waals surface area contributed by atoms with Crippen LogP contribution in [0.25, 0.3) is 0 Å². The number of carbonyl (C=O) groups excluding carboxylic acids is 2. The van der Waals surface area contributed by atoms with Crippen LogP contribution in [0.3, 0.4) is 0 Å². The molecule has 6 nitrogen and oxygen atoms in total. The van der Waals surface area contributed by atoms with Gasteiger partial charge in [-0.1, -0.05) is 24.3 Å². The molecule has 3 rings (SSSR count). The Bertz CT molecular complexity index is 844. The van der Waals surface area contributed by atoms with Crippen LogP contribution in [0.5, 0.6) is 11.5 Å². The third-order valence-corrected chi connectivity index (χ3v) is 3.97. The van der Waals surface area contributed by atoms with E-state index in [1.807, 2.05) is 0 Å². The molecule has 0 radical (unpaired) electrons. The number of carbonyl (C=O) groups is 2. The molecule has 0 bridgehead atoms. The van der Waals surface area contributed by atoms with E-state index in [2.05, 4.69) is 0 Å². The van der Waals surface area contributed by atoms with Crippen LogP contribution in [0.4, 0.5) is 5.69 Å². The Balaban J connectivity index is 2.26. The first-order chi connectivity index (χ1) is 11.5. The molecule has 0 spiro atoms. The van der Waals surface area contributed by atoms with E-state index in [4.69, 9.17) is 4.84 Å². The van der Waals surface area contributed by atoms with Crippen LogP contribution in [-0.2, 0) is 4.84 Å². The van der Waals surface area contributed by atoms with Crippen molar-refractivity contribution in [3.05, 3.63) is 52.6 Å². The molecule has 124 valence electrons. The third kappa shape index (κ3) is 2.23. The van der Waals surface area contributed by atoms with Crippen LogP contribution in [0.1, 0.15) is 45.7 Å². The fourth-order valence-electron chi connectivity index (χ4n) is 2.92. The van der Waals surface area contributed by atoms with E-state index in [-0.39, 0.29) is 39.4 Å². The first-order valence-electron chi connectivity index (χ1n) is 7.69. The number of hydrogen-bond acceptors (Lipinski definition) is 6. The lowest BCUT2D eigenvalue weighted by atomic mass is 9.82. The van der Waals surface area contributed by atoms with Crippen molar-refractivity contribution in [2.75, 3.05) is 18.2 Å². The maximum atomic E-state index is 12.8. The number of benzene rings is 2. The van der Waals surface area contributed by atoms with Crippen LogP contribution in [0.15, 0.2) is 30.3 Å². The number of rotatable bonds is 4. The SMILES string of the molecule is CCON(CC)c1cc(O)c2c(c1O)C(=O)c1ccccc1C2=O. The minimum absolute atomic E-state index is 0.149. The van der Waals surface area contributed by atoms with Gasteiger partial charge in [0, 0.05) is 23.7 Å². The highest BCUT2D eigenvalue weighted by Crippen LogP contribution is 2.43. The molecular formula is C18H17NO5. The second-order valence-corrected chi connectivity index (χ2v) is 5.33. The maximum absolute atomic E-state index is 12.8. The molecule has 1 aliphatic rings. The Morgan fingerprint density at radius 3 is 2.12 bits per heavy atom. The summed E-state index contributed by atoms with van der Waals surface area (Å²) in [5.74, 6) is -1.71. The van der Waals surface area contributed by atoms with Gasteiger partial charge in [-0.15, -0.1) is 0 Å². The van der Waals surface area contributed by atoms with Gasteiger partial charge in [-0.2, -0.15) is 0 Å². The van der Waals surface area contributed by atoms with Crippen molar-refractivity contribution in [1.29, 1.82) is 0 Å². The van der Waals surface area contributed by atoms with Gasteiger partial charge in [0.25, 0.3) is 0 Å². The molecule has 2 aromatic rings. The van der Waals surface area contributed by atoms with Gasteiger partial charge in [0.15, 0.2) is 17.3 Å². The number of aromatic hydroxyl groups is 2. The maximum Gasteiger partial charge on any atom is 0.198 e. The zero-order valence-corrected chi connectivity index (χ0v) is 13.4. The lowest BCUT2D eigenvalue weighted by Gasteiger charge is -2.26. The highest BCUT2D eigenvalue weighted by atomic mass is 16.7. The molecule has 2 aromatic carbocycles. The zero-order valence-electron chi connectivity index (χ0n) is 13.4. The van der Waals surface area contributed by atoms with Gasteiger partial charge in [-0.25, -0.2) is 0 Å². The van der Waals surface area contributed by atoms with Gasteiger partial charge in [0.1, 0.15) is 11.4 Å². The largest absolute Gasteiger partial charge is 0.507 e. The van der Waals surface area contributed by atoms with E-state index in [0.29, 0.717) is 13.2 Å². The molecule has 0 fully saturated rings. The summed E-state index contributed by atoms with van der Waals surface area (Å²) in [5, 5.41) is 22.3. The van der Waals surface area contributed by atoms with E-state index >= 15 is 0 Å². The standard InChI is InChI=1S/C18H17NO5/c1-3-19(24-4-2)12-9-13(20)14-15(18(12)23)17(22)11-8-6-5-7-10(11)16(14)21/h5-9,20,23H,3-4H2,1-2H3. The van der Waals surface area contributed by atoms with Crippen molar-refractivity contribution in [2.45, 2.75) is 13.8 Å². The average molecular weight is 327 g/mol. The van der Waals surface area contributed by atoms with Crippen molar-refractivity contribution < 1.29 is 24.6 Å². The summed E-state index contributed by atoms with van der Waals surface area (Å²) < 4.78 is 0. The van der Waals surface area contributed by atoms with E-state index in [9.17, 15) is 19.8 Å². The molecule has 24 heavy (non-hydrogen) atoms. The molecule has 0 amide bonds. The Morgan fingerprint density at radius 2 is 1.58 bits per heavy atom. The number of phenolic OH excluding ortho intramolecular Hbond substituents is 2. The summed E-state index contributed by atoms with van der Waals surface area (Å²) >= 11 is 0. The second kappa shape index (κ2) is 5.98. The van der Waals surface area contributed by atoms with E-state index in [1.54, 1.807) is 26.0 Å².